The molecule has 0 atom stereocenters. The molecule has 1 N–H and O–H groups in total. The molecule has 0 saturated carbocycles. The van der Waals surface area contributed by atoms with Crippen molar-refractivity contribution in [1.82, 2.24) is 14.3 Å². The Hall–Kier alpha value is -2.12. The van der Waals surface area contributed by atoms with Crippen LogP contribution in [0.1, 0.15) is 0 Å². The largest absolute Gasteiger partial charge is 0.468 e. The SMILES string of the molecule is COC(=O)CNc1nn(C)c(=O)n(C)c1=O. The Kier molecular flexibility index (Phi) is 3.44. The third kappa shape index (κ3) is 2.27. The predicted octanol–water partition coefficient (Wildman–Crippen LogP) is -1.94. The van der Waals surface area contributed by atoms with Gasteiger partial charge in [-0.1, -0.05) is 0 Å². The number of aryl methyl sites for hydroxylation is 1. The Morgan fingerprint density at radius 2 is 2.06 bits per heavy atom. The van der Waals surface area contributed by atoms with E-state index < -0.39 is 17.2 Å². The molecule has 0 aliphatic heterocycles. The van der Waals surface area contributed by atoms with Crippen LogP contribution >= 0.6 is 0 Å². The van der Waals surface area contributed by atoms with E-state index in [4.69, 9.17) is 0 Å². The summed E-state index contributed by atoms with van der Waals surface area (Å²) in [6.07, 6.45) is 0. The van der Waals surface area contributed by atoms with Crippen LogP contribution in [0.15, 0.2) is 9.59 Å². The second kappa shape index (κ2) is 4.60. The van der Waals surface area contributed by atoms with Gasteiger partial charge in [-0.2, -0.15) is 0 Å². The van der Waals surface area contributed by atoms with Crippen molar-refractivity contribution in [2.45, 2.75) is 0 Å². The van der Waals surface area contributed by atoms with Gasteiger partial charge in [0, 0.05) is 14.1 Å². The average molecular weight is 228 g/mol. The average Bonchev–Trinajstić information content (AvgIpc) is 2.28. The lowest BCUT2D eigenvalue weighted by molar-refractivity contribution is -0.138. The summed E-state index contributed by atoms with van der Waals surface area (Å²) in [7, 11) is 3.97. The number of aromatic nitrogens is 3. The lowest BCUT2D eigenvalue weighted by atomic mass is 10.6. The van der Waals surface area contributed by atoms with Crippen molar-refractivity contribution >= 4 is 11.8 Å². The van der Waals surface area contributed by atoms with Gasteiger partial charge in [0.15, 0.2) is 0 Å². The highest BCUT2D eigenvalue weighted by molar-refractivity contribution is 5.74. The molecule has 88 valence electrons. The normalized spacial score (nSPS) is 9.94. The van der Waals surface area contributed by atoms with E-state index in [2.05, 4.69) is 15.2 Å². The smallest absolute Gasteiger partial charge is 0.346 e. The van der Waals surface area contributed by atoms with Crippen molar-refractivity contribution in [3.8, 4) is 0 Å². The number of anilines is 1. The zero-order valence-electron chi connectivity index (χ0n) is 9.18. The molecule has 16 heavy (non-hydrogen) atoms. The van der Waals surface area contributed by atoms with E-state index in [1.165, 1.54) is 21.2 Å². The molecule has 0 aliphatic rings. The number of carbonyl (C=O) groups excluding carboxylic acids is 1. The molecule has 1 heterocycles. The van der Waals surface area contributed by atoms with Gasteiger partial charge in [-0.25, -0.2) is 9.48 Å². The van der Waals surface area contributed by atoms with E-state index in [0.717, 1.165) is 9.25 Å². The van der Waals surface area contributed by atoms with Crippen LogP contribution in [0, 0.1) is 0 Å². The Bertz CT molecular complexity index is 516. The first-order valence-electron chi connectivity index (χ1n) is 4.42. The van der Waals surface area contributed by atoms with Gasteiger partial charge >= 0.3 is 11.7 Å². The molecular weight excluding hydrogens is 216 g/mol. The molecule has 0 radical (unpaired) electrons. The van der Waals surface area contributed by atoms with Gasteiger partial charge in [-0.15, -0.1) is 5.10 Å². The van der Waals surface area contributed by atoms with Crippen LogP contribution in [0.2, 0.25) is 0 Å². The summed E-state index contributed by atoms with van der Waals surface area (Å²) < 4.78 is 6.29. The number of nitrogens with one attached hydrogen (secondary N) is 1. The fourth-order valence-electron chi connectivity index (χ4n) is 1.04. The van der Waals surface area contributed by atoms with Gasteiger partial charge in [0.2, 0.25) is 5.82 Å². The van der Waals surface area contributed by atoms with Crippen molar-refractivity contribution in [3.63, 3.8) is 0 Å². The molecule has 1 aromatic rings. The highest BCUT2D eigenvalue weighted by Gasteiger charge is 2.09. The minimum atomic E-state index is -0.591. The van der Waals surface area contributed by atoms with Crippen LogP contribution in [0.5, 0.6) is 0 Å². The molecule has 0 amide bonds. The zero-order chi connectivity index (χ0) is 12.3. The summed E-state index contributed by atoms with van der Waals surface area (Å²) in [6, 6.07) is 0. The molecule has 0 fully saturated rings. The van der Waals surface area contributed by atoms with Crippen LogP contribution in [-0.4, -0.2) is 34.0 Å². The van der Waals surface area contributed by atoms with Crippen LogP contribution < -0.4 is 16.6 Å². The van der Waals surface area contributed by atoms with Gasteiger partial charge in [0.25, 0.3) is 5.56 Å². The van der Waals surface area contributed by atoms with Gasteiger partial charge in [0.1, 0.15) is 6.54 Å². The third-order valence-corrected chi connectivity index (χ3v) is 1.95. The van der Waals surface area contributed by atoms with E-state index >= 15 is 0 Å². The standard InChI is InChI=1S/C8H12N4O4/c1-11-7(14)6(9-4-5(13)16-3)10-12(2)8(11)15/h4H2,1-3H3,(H,9,10). The fraction of sp³-hybridized carbons (Fsp3) is 0.500. The van der Waals surface area contributed by atoms with Crippen molar-refractivity contribution in [3.05, 3.63) is 20.8 Å². The van der Waals surface area contributed by atoms with Crippen molar-refractivity contribution in [2.75, 3.05) is 19.0 Å². The topological polar surface area (TPSA) is 95.2 Å². The predicted molar refractivity (Wildman–Crippen MR) is 55.2 cm³/mol. The summed E-state index contributed by atoms with van der Waals surface area (Å²) in [5.41, 5.74) is -1.12. The monoisotopic (exact) mass is 228 g/mol. The fourth-order valence-corrected chi connectivity index (χ4v) is 1.04. The maximum atomic E-state index is 11.5. The zero-order valence-corrected chi connectivity index (χ0v) is 9.18. The number of ether oxygens (including phenoxy) is 1. The van der Waals surface area contributed by atoms with Crippen LogP contribution in [0.4, 0.5) is 5.82 Å². The highest BCUT2D eigenvalue weighted by Crippen LogP contribution is 1.88. The van der Waals surface area contributed by atoms with Crippen LogP contribution in [0.3, 0.4) is 0 Å². The Labute approximate surface area is 90.5 Å². The number of hydrogen-bond donors (Lipinski definition) is 1. The van der Waals surface area contributed by atoms with E-state index in [1.54, 1.807) is 0 Å². The lowest BCUT2D eigenvalue weighted by Crippen LogP contribution is -2.40. The maximum Gasteiger partial charge on any atom is 0.346 e. The van der Waals surface area contributed by atoms with Gasteiger partial charge in [-0.05, 0) is 0 Å². The number of methoxy groups -OCH3 is 1. The minimum Gasteiger partial charge on any atom is -0.468 e. The first-order valence-corrected chi connectivity index (χ1v) is 4.42. The van der Waals surface area contributed by atoms with E-state index in [0.29, 0.717) is 0 Å². The molecule has 1 rings (SSSR count). The van der Waals surface area contributed by atoms with E-state index in [-0.39, 0.29) is 12.4 Å². The number of carbonyl (C=O) groups is 1. The number of hydrogen-bond acceptors (Lipinski definition) is 6. The molecule has 1 aromatic heterocycles. The first-order chi connectivity index (χ1) is 7.47. The van der Waals surface area contributed by atoms with Gasteiger partial charge in [0.05, 0.1) is 7.11 Å². The van der Waals surface area contributed by atoms with Crippen molar-refractivity contribution in [2.24, 2.45) is 14.1 Å². The highest BCUT2D eigenvalue weighted by atomic mass is 16.5. The Balaban J connectivity index is 3.03. The molecule has 0 unspecified atom stereocenters. The quantitative estimate of drug-likeness (QED) is 0.605. The Morgan fingerprint density at radius 3 is 2.62 bits per heavy atom. The molecule has 0 aliphatic carbocycles. The lowest BCUT2D eigenvalue weighted by Gasteiger charge is -2.06. The molecule has 8 heteroatoms. The summed E-state index contributed by atoms with van der Waals surface area (Å²) in [6.45, 7) is -0.184. The third-order valence-electron chi connectivity index (χ3n) is 1.95. The second-order valence-corrected chi connectivity index (χ2v) is 3.05. The Morgan fingerprint density at radius 1 is 1.44 bits per heavy atom. The summed E-state index contributed by atoms with van der Waals surface area (Å²) in [5.74, 6) is -0.604. The summed E-state index contributed by atoms with van der Waals surface area (Å²) >= 11 is 0. The number of rotatable bonds is 3. The van der Waals surface area contributed by atoms with Crippen molar-refractivity contribution < 1.29 is 9.53 Å². The van der Waals surface area contributed by atoms with Gasteiger partial charge < -0.3 is 10.1 Å². The molecule has 0 spiro atoms. The summed E-state index contributed by atoms with van der Waals surface area (Å²) in [4.78, 5) is 33.6. The molecule has 0 saturated heterocycles. The maximum absolute atomic E-state index is 11.5. The van der Waals surface area contributed by atoms with Crippen LogP contribution in [-0.2, 0) is 23.6 Å². The minimum absolute atomic E-state index is 0.0741. The van der Waals surface area contributed by atoms with Crippen molar-refractivity contribution in [1.29, 1.82) is 0 Å². The first kappa shape index (κ1) is 12.0. The number of esters is 1. The number of nitrogens with zero attached hydrogens (tertiary/aromatic N) is 3. The molecule has 0 aromatic carbocycles. The van der Waals surface area contributed by atoms with Gasteiger partial charge in [-0.3, -0.25) is 14.2 Å². The molecular formula is C8H12N4O4. The van der Waals surface area contributed by atoms with Crippen LogP contribution in [0.25, 0.3) is 0 Å². The van der Waals surface area contributed by atoms with E-state index in [9.17, 15) is 14.4 Å². The summed E-state index contributed by atoms with van der Waals surface area (Å²) in [5, 5.41) is 6.19. The van der Waals surface area contributed by atoms with E-state index in [1.807, 2.05) is 0 Å². The molecule has 8 nitrogen and oxygen atoms in total. The second-order valence-electron chi connectivity index (χ2n) is 3.05. The molecule has 0 bridgehead atoms.